The molecular weight excluding hydrogens is 557 g/mol. The second-order valence-electron chi connectivity index (χ2n) is 8.56. The largest absolute Gasteiger partial charge is 0.480 e. The molecule has 2 aromatic rings. The number of carbonyl (C=O) groups is 2. The number of H-pyrrole nitrogens is 1. The van der Waals surface area contributed by atoms with Gasteiger partial charge in [0.05, 0.1) is 13.2 Å². The monoisotopic (exact) mass is 587 g/mol. The molecule has 6 unspecified atom stereocenters. The maximum Gasteiger partial charge on any atom is 0.330 e. The summed E-state index contributed by atoms with van der Waals surface area (Å²) in [6, 6.07) is 7.30. The molecule has 0 bridgehead atoms. The second-order valence-corrected chi connectivity index (χ2v) is 11.5. The number of carboxylic acid groups (broad SMARTS) is 1. The summed E-state index contributed by atoms with van der Waals surface area (Å²) >= 11 is 4.99. The fraction of sp³-hybridized carbons (Fsp3) is 0.478. The number of nitrogens with zero attached hydrogens (tertiary/aromatic N) is 1. The van der Waals surface area contributed by atoms with Crippen molar-refractivity contribution in [3.8, 4) is 0 Å². The molecule has 14 nitrogen and oxygen atoms in total. The van der Waals surface area contributed by atoms with Crippen LogP contribution in [0.15, 0.2) is 46.1 Å². The Kier molecular flexibility index (Phi) is 10.7. The van der Waals surface area contributed by atoms with E-state index >= 15 is 0 Å². The molecule has 3 rings (SSSR count). The van der Waals surface area contributed by atoms with Crippen LogP contribution in [0, 0.1) is 6.92 Å². The third kappa shape index (κ3) is 7.90. The van der Waals surface area contributed by atoms with Crippen LogP contribution < -0.4 is 16.6 Å². The van der Waals surface area contributed by atoms with E-state index in [2.05, 4.69) is 10.3 Å². The zero-order valence-electron chi connectivity index (χ0n) is 21.3. The van der Waals surface area contributed by atoms with E-state index < -0.39 is 60.4 Å². The lowest BCUT2D eigenvalue weighted by Gasteiger charge is -2.27. The highest BCUT2D eigenvalue weighted by atomic mass is 32.5. The van der Waals surface area contributed by atoms with Crippen molar-refractivity contribution < 1.29 is 42.8 Å². The molecule has 1 amide bonds. The van der Waals surface area contributed by atoms with Crippen LogP contribution in [0.25, 0.3) is 0 Å². The maximum absolute atomic E-state index is 13.4. The van der Waals surface area contributed by atoms with Crippen LogP contribution in [0.3, 0.4) is 0 Å². The van der Waals surface area contributed by atoms with Crippen molar-refractivity contribution >= 4 is 30.4 Å². The number of aliphatic carboxylic acids is 1. The Bertz CT molecular complexity index is 1320. The molecule has 1 saturated heterocycles. The third-order valence-corrected chi connectivity index (χ3v) is 7.53. The first kappa shape index (κ1) is 30.8. The van der Waals surface area contributed by atoms with E-state index in [4.69, 9.17) is 35.1 Å². The number of carbonyl (C=O) groups excluding carboxylic acids is 1. The standard InChI is InChI=1S/C23H30N3O11PS/c1-13-12-26(23(31)25-19(13)27)21-18(35-10-9-33-2)16(37-38(32,39)34-3)17(36-21)20(28)24-15(22(29)30)11-14-7-5-4-6-8-14/h4-8,12,15-18,21H,9-11H2,1-3H3,(H,24,28)(H,29,30)(H,32,39)(H,25,27,31). The van der Waals surface area contributed by atoms with E-state index in [1.807, 2.05) is 0 Å². The molecule has 1 aliphatic rings. The Balaban J connectivity index is 2.00. The van der Waals surface area contributed by atoms with Crippen molar-refractivity contribution in [2.24, 2.45) is 0 Å². The minimum atomic E-state index is -3.93. The average molecular weight is 588 g/mol. The number of benzene rings is 1. The van der Waals surface area contributed by atoms with Crippen molar-refractivity contribution in [3.63, 3.8) is 0 Å². The normalized spacial score (nSPS) is 23.2. The SMILES string of the molecule is COCCOC1C(OP(O)(=S)OC)C(C(=O)NC(Cc2ccccc2)C(=O)O)OC1n1cc(C)c(=O)[nH]c1=O. The number of carboxylic acids is 1. The molecule has 1 fully saturated rings. The van der Waals surface area contributed by atoms with Gasteiger partial charge in [0.1, 0.15) is 18.2 Å². The molecule has 1 aliphatic heterocycles. The molecule has 0 saturated carbocycles. The molecule has 1 aromatic carbocycles. The minimum absolute atomic E-state index is 0.0357. The van der Waals surface area contributed by atoms with Crippen molar-refractivity contribution in [3.05, 3.63) is 68.5 Å². The van der Waals surface area contributed by atoms with Gasteiger partial charge in [0.25, 0.3) is 11.5 Å². The van der Waals surface area contributed by atoms with Crippen LogP contribution in [0.1, 0.15) is 17.4 Å². The van der Waals surface area contributed by atoms with E-state index in [-0.39, 0.29) is 25.2 Å². The lowest BCUT2D eigenvalue weighted by molar-refractivity contribution is -0.146. The van der Waals surface area contributed by atoms with E-state index in [9.17, 15) is 29.2 Å². The van der Waals surface area contributed by atoms with E-state index in [0.717, 1.165) is 11.7 Å². The smallest absolute Gasteiger partial charge is 0.330 e. The van der Waals surface area contributed by atoms with Gasteiger partial charge in [-0.1, -0.05) is 30.3 Å². The number of rotatable bonds is 13. The molecule has 4 N–H and O–H groups in total. The molecule has 16 heteroatoms. The number of aryl methyl sites for hydroxylation is 1. The zero-order chi connectivity index (χ0) is 28.7. The lowest BCUT2D eigenvalue weighted by Crippen LogP contribution is -2.50. The summed E-state index contributed by atoms with van der Waals surface area (Å²) in [4.78, 5) is 62.6. The van der Waals surface area contributed by atoms with E-state index in [1.165, 1.54) is 20.2 Å². The van der Waals surface area contributed by atoms with Crippen LogP contribution in [-0.2, 0) is 51.1 Å². The van der Waals surface area contributed by atoms with Crippen molar-refractivity contribution in [2.75, 3.05) is 27.4 Å². The highest BCUT2D eigenvalue weighted by Gasteiger charge is 2.53. The molecular formula is C23H30N3O11PS. The van der Waals surface area contributed by atoms with Gasteiger partial charge in [-0.2, -0.15) is 0 Å². The van der Waals surface area contributed by atoms with E-state index in [0.29, 0.717) is 5.56 Å². The van der Waals surface area contributed by atoms with Crippen molar-refractivity contribution in [2.45, 2.75) is 43.9 Å². The molecule has 1 aromatic heterocycles. The summed E-state index contributed by atoms with van der Waals surface area (Å²) in [5, 5.41) is 12.2. The highest BCUT2D eigenvalue weighted by Crippen LogP contribution is 2.48. The topological polar surface area (TPSA) is 188 Å². The Morgan fingerprint density at radius 2 is 1.90 bits per heavy atom. The molecule has 39 heavy (non-hydrogen) atoms. The van der Waals surface area contributed by atoms with Gasteiger partial charge in [-0.15, -0.1) is 0 Å². The molecule has 0 aliphatic carbocycles. The van der Waals surface area contributed by atoms with Gasteiger partial charge in [-0.25, -0.2) is 9.59 Å². The van der Waals surface area contributed by atoms with Crippen molar-refractivity contribution in [1.82, 2.24) is 14.9 Å². The molecule has 0 radical (unpaired) electrons. The van der Waals surface area contributed by atoms with Crippen molar-refractivity contribution in [1.29, 1.82) is 0 Å². The first-order valence-electron chi connectivity index (χ1n) is 11.7. The molecule has 6 atom stereocenters. The Morgan fingerprint density at radius 1 is 1.21 bits per heavy atom. The van der Waals surface area contributed by atoms with Gasteiger partial charge in [-0.3, -0.25) is 23.7 Å². The number of amides is 1. The number of ether oxygens (including phenoxy) is 3. The number of aromatic nitrogens is 2. The number of hydrogen-bond acceptors (Lipinski definition) is 10. The molecule has 0 spiro atoms. The first-order valence-corrected chi connectivity index (χ1v) is 14.3. The average Bonchev–Trinajstić information content (AvgIpc) is 3.23. The predicted octanol–water partition coefficient (Wildman–Crippen LogP) is -0.165. The van der Waals surface area contributed by atoms with Crippen LogP contribution in [0.4, 0.5) is 0 Å². The number of nitrogens with one attached hydrogen (secondary N) is 2. The lowest BCUT2D eigenvalue weighted by atomic mass is 10.0. The minimum Gasteiger partial charge on any atom is -0.480 e. The van der Waals surface area contributed by atoms with Gasteiger partial charge < -0.3 is 34.1 Å². The van der Waals surface area contributed by atoms with Gasteiger partial charge in [-0.05, 0) is 24.3 Å². The summed E-state index contributed by atoms with van der Waals surface area (Å²) in [6.07, 6.45) is -4.48. The molecule has 2 heterocycles. The summed E-state index contributed by atoms with van der Waals surface area (Å²) in [6.45, 7) is -2.40. The quantitative estimate of drug-likeness (QED) is 0.179. The summed E-state index contributed by atoms with van der Waals surface area (Å²) in [5.74, 6) is -2.23. The number of methoxy groups -OCH3 is 1. The zero-order valence-corrected chi connectivity index (χ0v) is 23.1. The number of aromatic amines is 1. The van der Waals surface area contributed by atoms with Gasteiger partial charge in [0, 0.05) is 32.4 Å². The predicted molar refractivity (Wildman–Crippen MR) is 140 cm³/mol. The number of hydrogen-bond donors (Lipinski definition) is 4. The summed E-state index contributed by atoms with van der Waals surface area (Å²) < 4.78 is 28.3. The summed E-state index contributed by atoms with van der Waals surface area (Å²) in [5.41, 5.74) is -0.663. The van der Waals surface area contributed by atoms with Gasteiger partial charge >= 0.3 is 18.4 Å². The van der Waals surface area contributed by atoms with Crippen LogP contribution in [-0.4, -0.2) is 83.2 Å². The highest BCUT2D eigenvalue weighted by molar-refractivity contribution is 8.07. The fourth-order valence-corrected chi connectivity index (χ4v) is 4.83. The first-order chi connectivity index (χ1) is 18.5. The fourth-order valence-electron chi connectivity index (χ4n) is 3.91. The van der Waals surface area contributed by atoms with Crippen LogP contribution >= 0.6 is 6.72 Å². The Morgan fingerprint density at radius 3 is 2.51 bits per heavy atom. The van der Waals surface area contributed by atoms with Crippen LogP contribution in [0.5, 0.6) is 0 Å². The second kappa shape index (κ2) is 13.5. The molecule has 214 valence electrons. The third-order valence-electron chi connectivity index (χ3n) is 5.85. The van der Waals surface area contributed by atoms with Gasteiger partial charge in [0.2, 0.25) is 0 Å². The Hall–Kier alpha value is -2.75. The summed E-state index contributed by atoms with van der Waals surface area (Å²) in [7, 11) is 2.54. The van der Waals surface area contributed by atoms with E-state index in [1.54, 1.807) is 30.3 Å². The Labute approximate surface area is 228 Å². The van der Waals surface area contributed by atoms with Crippen LogP contribution in [0.2, 0.25) is 0 Å². The van der Waals surface area contributed by atoms with Gasteiger partial charge in [0.15, 0.2) is 12.3 Å². The maximum atomic E-state index is 13.4.